The van der Waals surface area contributed by atoms with Crippen molar-refractivity contribution in [3.63, 3.8) is 0 Å². The first kappa shape index (κ1) is 11.4. The highest BCUT2D eigenvalue weighted by Gasteiger charge is 2.33. The molecule has 2 aliphatic rings. The third-order valence-corrected chi connectivity index (χ3v) is 4.49. The third kappa shape index (κ3) is 2.94. The van der Waals surface area contributed by atoms with Gasteiger partial charge in [-0.05, 0) is 56.0 Å². The Bertz CT molecular complexity index is 193. The molecule has 2 aliphatic carbocycles. The fraction of sp³-hybridized carbons (Fsp3) is 1.00. The van der Waals surface area contributed by atoms with Gasteiger partial charge in [0.25, 0.3) is 0 Å². The number of nitrogens with two attached hydrogens (primary N) is 1. The van der Waals surface area contributed by atoms with Gasteiger partial charge in [-0.15, -0.1) is 0 Å². The Morgan fingerprint density at radius 3 is 2.53 bits per heavy atom. The van der Waals surface area contributed by atoms with E-state index >= 15 is 0 Å². The van der Waals surface area contributed by atoms with Crippen LogP contribution in [0.3, 0.4) is 0 Å². The maximum Gasteiger partial charge on any atom is 0.00200 e. The Kier molecular flexibility index (Phi) is 3.68. The zero-order valence-electron chi connectivity index (χ0n) is 10.1. The van der Waals surface area contributed by atoms with Crippen molar-refractivity contribution in [3.8, 4) is 0 Å². The lowest BCUT2D eigenvalue weighted by molar-refractivity contribution is 0.281. The van der Waals surface area contributed by atoms with Gasteiger partial charge in [0.15, 0.2) is 0 Å². The number of hydrogen-bond acceptors (Lipinski definition) is 2. The highest BCUT2D eigenvalue weighted by atomic mass is 14.9. The van der Waals surface area contributed by atoms with Gasteiger partial charge in [-0.25, -0.2) is 0 Å². The molecule has 0 aromatic heterocycles. The van der Waals surface area contributed by atoms with Crippen molar-refractivity contribution in [3.05, 3.63) is 0 Å². The predicted octanol–water partition coefficient (Wildman–Crippen LogP) is 2.14. The van der Waals surface area contributed by atoms with Crippen LogP contribution in [-0.4, -0.2) is 19.6 Å². The van der Waals surface area contributed by atoms with Crippen molar-refractivity contribution < 1.29 is 0 Å². The fourth-order valence-electron chi connectivity index (χ4n) is 2.98. The summed E-state index contributed by atoms with van der Waals surface area (Å²) < 4.78 is 0. The standard InChI is InChI=1S/C13H26N2/c1-11(12-4-5-12)8-15-10-13(9-14)6-2-3-7-13/h11-12,15H,2-10,14H2,1H3. The smallest absolute Gasteiger partial charge is 0.00200 e. The van der Waals surface area contributed by atoms with E-state index < -0.39 is 0 Å². The molecule has 0 radical (unpaired) electrons. The van der Waals surface area contributed by atoms with E-state index in [1.165, 1.54) is 45.1 Å². The molecule has 1 unspecified atom stereocenters. The molecule has 88 valence electrons. The first-order valence-electron chi connectivity index (χ1n) is 6.66. The molecule has 0 aliphatic heterocycles. The lowest BCUT2D eigenvalue weighted by atomic mass is 9.86. The van der Waals surface area contributed by atoms with E-state index in [-0.39, 0.29) is 0 Å². The minimum Gasteiger partial charge on any atom is -0.330 e. The Labute approximate surface area is 94.0 Å². The van der Waals surface area contributed by atoms with Gasteiger partial charge in [0, 0.05) is 6.54 Å². The summed E-state index contributed by atoms with van der Waals surface area (Å²) in [4.78, 5) is 0. The average molecular weight is 210 g/mol. The zero-order valence-corrected chi connectivity index (χ0v) is 10.1. The summed E-state index contributed by atoms with van der Waals surface area (Å²) in [6.45, 7) is 5.61. The molecule has 0 heterocycles. The van der Waals surface area contributed by atoms with Crippen LogP contribution in [0.4, 0.5) is 0 Å². The molecule has 0 amide bonds. The Balaban J connectivity index is 1.66. The molecule has 3 N–H and O–H groups in total. The van der Waals surface area contributed by atoms with Gasteiger partial charge in [0.1, 0.15) is 0 Å². The van der Waals surface area contributed by atoms with E-state index in [2.05, 4.69) is 12.2 Å². The number of rotatable bonds is 6. The van der Waals surface area contributed by atoms with Crippen LogP contribution in [0, 0.1) is 17.3 Å². The first-order chi connectivity index (χ1) is 7.26. The Morgan fingerprint density at radius 2 is 2.00 bits per heavy atom. The van der Waals surface area contributed by atoms with Crippen LogP contribution in [0.2, 0.25) is 0 Å². The molecule has 0 aromatic carbocycles. The molecular weight excluding hydrogens is 184 g/mol. The predicted molar refractivity (Wildman–Crippen MR) is 64.7 cm³/mol. The van der Waals surface area contributed by atoms with Gasteiger partial charge in [-0.3, -0.25) is 0 Å². The molecule has 15 heavy (non-hydrogen) atoms. The normalized spacial score (nSPS) is 26.8. The summed E-state index contributed by atoms with van der Waals surface area (Å²) in [5, 5.41) is 3.66. The summed E-state index contributed by atoms with van der Waals surface area (Å²) in [6, 6.07) is 0. The monoisotopic (exact) mass is 210 g/mol. The van der Waals surface area contributed by atoms with Gasteiger partial charge < -0.3 is 11.1 Å². The van der Waals surface area contributed by atoms with E-state index in [0.29, 0.717) is 5.41 Å². The topological polar surface area (TPSA) is 38.0 Å². The van der Waals surface area contributed by atoms with Crippen molar-refractivity contribution in [1.29, 1.82) is 0 Å². The van der Waals surface area contributed by atoms with Crippen molar-refractivity contribution in [2.75, 3.05) is 19.6 Å². The van der Waals surface area contributed by atoms with Crippen molar-refractivity contribution in [2.45, 2.75) is 45.4 Å². The second-order valence-electron chi connectivity index (χ2n) is 5.86. The molecule has 0 aromatic rings. The van der Waals surface area contributed by atoms with Crippen molar-refractivity contribution in [2.24, 2.45) is 23.0 Å². The summed E-state index contributed by atoms with van der Waals surface area (Å²) in [5.41, 5.74) is 6.37. The molecule has 2 heteroatoms. The number of hydrogen-bond donors (Lipinski definition) is 2. The van der Waals surface area contributed by atoms with Crippen LogP contribution >= 0.6 is 0 Å². The minimum atomic E-state index is 0.448. The summed E-state index contributed by atoms with van der Waals surface area (Å²) in [5.74, 6) is 1.90. The minimum absolute atomic E-state index is 0.448. The van der Waals surface area contributed by atoms with E-state index in [0.717, 1.165) is 24.9 Å². The molecule has 0 bridgehead atoms. The van der Waals surface area contributed by atoms with Gasteiger partial charge in [-0.1, -0.05) is 19.8 Å². The van der Waals surface area contributed by atoms with Crippen LogP contribution in [0.1, 0.15) is 45.4 Å². The molecule has 0 saturated heterocycles. The van der Waals surface area contributed by atoms with E-state index in [4.69, 9.17) is 5.73 Å². The first-order valence-corrected chi connectivity index (χ1v) is 6.66. The lowest BCUT2D eigenvalue weighted by Crippen LogP contribution is -2.39. The molecular formula is C13H26N2. The average Bonchev–Trinajstić information content (AvgIpc) is 3.00. The Morgan fingerprint density at radius 1 is 1.33 bits per heavy atom. The zero-order chi connectivity index (χ0) is 10.7. The quantitative estimate of drug-likeness (QED) is 0.705. The molecule has 0 spiro atoms. The number of nitrogens with one attached hydrogen (secondary N) is 1. The largest absolute Gasteiger partial charge is 0.330 e. The van der Waals surface area contributed by atoms with Gasteiger partial charge >= 0.3 is 0 Å². The Hall–Kier alpha value is -0.0800. The second kappa shape index (κ2) is 4.84. The van der Waals surface area contributed by atoms with Gasteiger partial charge in [0.05, 0.1) is 0 Å². The molecule has 2 fully saturated rings. The fourth-order valence-corrected chi connectivity index (χ4v) is 2.98. The summed E-state index contributed by atoms with van der Waals surface area (Å²) in [7, 11) is 0. The van der Waals surface area contributed by atoms with E-state index in [9.17, 15) is 0 Å². The van der Waals surface area contributed by atoms with Gasteiger partial charge in [0.2, 0.25) is 0 Å². The van der Waals surface area contributed by atoms with Crippen LogP contribution in [-0.2, 0) is 0 Å². The maximum atomic E-state index is 5.92. The van der Waals surface area contributed by atoms with E-state index in [1.807, 2.05) is 0 Å². The van der Waals surface area contributed by atoms with E-state index in [1.54, 1.807) is 0 Å². The lowest BCUT2D eigenvalue weighted by Gasteiger charge is -2.28. The van der Waals surface area contributed by atoms with Crippen LogP contribution in [0.25, 0.3) is 0 Å². The summed E-state index contributed by atoms with van der Waals surface area (Å²) >= 11 is 0. The van der Waals surface area contributed by atoms with Crippen LogP contribution < -0.4 is 11.1 Å². The molecule has 1 atom stereocenters. The SMILES string of the molecule is CC(CNCC1(CN)CCCC1)C1CC1. The highest BCUT2D eigenvalue weighted by molar-refractivity contribution is 4.88. The molecule has 2 rings (SSSR count). The second-order valence-corrected chi connectivity index (χ2v) is 5.86. The molecule has 2 nitrogen and oxygen atoms in total. The maximum absolute atomic E-state index is 5.92. The van der Waals surface area contributed by atoms with Crippen molar-refractivity contribution in [1.82, 2.24) is 5.32 Å². The van der Waals surface area contributed by atoms with Crippen LogP contribution in [0.15, 0.2) is 0 Å². The third-order valence-electron chi connectivity index (χ3n) is 4.49. The van der Waals surface area contributed by atoms with Gasteiger partial charge in [-0.2, -0.15) is 0 Å². The molecule has 2 saturated carbocycles. The summed E-state index contributed by atoms with van der Waals surface area (Å²) in [6.07, 6.45) is 8.38. The van der Waals surface area contributed by atoms with Crippen molar-refractivity contribution >= 4 is 0 Å². The highest BCUT2D eigenvalue weighted by Crippen LogP contribution is 2.38. The van der Waals surface area contributed by atoms with Crippen LogP contribution in [0.5, 0.6) is 0 Å².